The quantitative estimate of drug-likeness (QED) is 0.171. The Morgan fingerprint density at radius 3 is 2.23 bits per heavy atom. The van der Waals surface area contributed by atoms with E-state index < -0.39 is 0 Å². The monoisotopic (exact) mass is 824 g/mol. The molecule has 1 nitrogen and oxygen atoms in total. The van der Waals surface area contributed by atoms with E-state index in [0.717, 1.165) is 38.5 Å². The van der Waals surface area contributed by atoms with Crippen LogP contribution in [0.15, 0.2) is 174 Å². The number of hydrogen-bond acceptors (Lipinski definition) is 1. The molecule has 1 N–H and O–H groups in total. The summed E-state index contributed by atoms with van der Waals surface area (Å²) in [6.45, 7) is 9.74. The predicted octanol–water partition coefficient (Wildman–Crippen LogP) is 13.9. The Hall–Kier alpha value is -6.12. The van der Waals surface area contributed by atoms with Gasteiger partial charge in [-0.2, -0.15) is 0 Å². The molecule has 2 unspecified atom stereocenters. The molecule has 2 bridgehead atoms. The number of benzene rings is 6. The Morgan fingerprint density at radius 2 is 1.36 bits per heavy atom. The highest BCUT2D eigenvalue weighted by atomic mass is 14.9. The Bertz CT molecular complexity index is 3230. The van der Waals surface area contributed by atoms with Crippen LogP contribution in [0.4, 0.5) is 5.69 Å². The van der Waals surface area contributed by atoms with Crippen molar-refractivity contribution in [1.82, 2.24) is 0 Å². The summed E-state index contributed by atoms with van der Waals surface area (Å²) in [4.78, 5) is 0. The summed E-state index contributed by atoms with van der Waals surface area (Å²) in [5, 5.41) is 6.74. The van der Waals surface area contributed by atoms with Crippen LogP contribution in [0.1, 0.15) is 129 Å². The van der Waals surface area contributed by atoms with Crippen LogP contribution in [0, 0.1) is 0 Å². The highest BCUT2D eigenvalue weighted by Gasteiger charge is 2.53. The average molecular weight is 825 g/mol. The van der Waals surface area contributed by atoms with E-state index in [1.165, 1.54) is 129 Å². The van der Waals surface area contributed by atoms with Gasteiger partial charge in [0.05, 0.1) is 5.41 Å². The van der Waals surface area contributed by atoms with Gasteiger partial charge in [0.1, 0.15) is 0 Å². The van der Waals surface area contributed by atoms with Crippen LogP contribution in [0.2, 0.25) is 0 Å². The summed E-state index contributed by atoms with van der Waals surface area (Å²) in [6, 6.07) is 47.0. The van der Waals surface area contributed by atoms with Crippen LogP contribution in [-0.4, -0.2) is 7.28 Å². The molecule has 0 aliphatic heterocycles. The molecule has 2 atom stereocenters. The van der Waals surface area contributed by atoms with Gasteiger partial charge in [-0.3, -0.25) is 0 Å². The second kappa shape index (κ2) is 13.9. The maximum atomic E-state index is 4.18. The zero-order valence-corrected chi connectivity index (χ0v) is 37.7. The molecule has 0 heterocycles. The van der Waals surface area contributed by atoms with Crippen LogP contribution in [-0.2, 0) is 22.7 Å². The molecule has 2 heteroatoms. The van der Waals surface area contributed by atoms with E-state index in [4.69, 9.17) is 0 Å². The Kier molecular flexibility index (Phi) is 8.35. The third-order valence-electron chi connectivity index (χ3n) is 16.6. The molecule has 6 aromatic carbocycles. The fourth-order valence-corrected chi connectivity index (χ4v) is 13.5. The van der Waals surface area contributed by atoms with Crippen molar-refractivity contribution in [1.29, 1.82) is 0 Å². The minimum atomic E-state index is -0.271. The number of fused-ring (bicyclic) bond motifs is 15. The molecule has 0 saturated carbocycles. The lowest BCUT2D eigenvalue weighted by atomic mass is 9.52. The largest absolute Gasteiger partial charge is 0.358 e. The van der Waals surface area contributed by atoms with Crippen LogP contribution < -0.4 is 16.2 Å². The molecule has 1 radical (unpaired) electrons. The highest BCUT2D eigenvalue weighted by molar-refractivity contribution is 6.69. The van der Waals surface area contributed by atoms with Crippen molar-refractivity contribution in [3.05, 3.63) is 224 Å². The fourth-order valence-electron chi connectivity index (χ4n) is 13.5. The number of hydrogen-bond donors (Lipinski definition) is 1. The average Bonchev–Trinajstić information content (AvgIpc) is 3.84. The Morgan fingerprint density at radius 1 is 0.609 bits per heavy atom. The van der Waals surface area contributed by atoms with Crippen molar-refractivity contribution in [2.75, 3.05) is 5.32 Å². The van der Waals surface area contributed by atoms with Gasteiger partial charge >= 0.3 is 0 Å². The van der Waals surface area contributed by atoms with Gasteiger partial charge in [0.25, 0.3) is 0 Å². The predicted molar refractivity (Wildman–Crippen MR) is 271 cm³/mol. The third kappa shape index (κ3) is 5.50. The smallest absolute Gasteiger partial charge is 0.192 e. The summed E-state index contributed by atoms with van der Waals surface area (Å²) < 4.78 is 0. The van der Waals surface area contributed by atoms with Gasteiger partial charge in [0.15, 0.2) is 7.28 Å². The molecular weight excluding hydrogens is 770 g/mol. The molecule has 6 aromatic rings. The van der Waals surface area contributed by atoms with Gasteiger partial charge in [-0.25, -0.2) is 0 Å². The Labute approximate surface area is 380 Å². The summed E-state index contributed by atoms with van der Waals surface area (Å²) in [5.74, 6) is 0.323. The van der Waals surface area contributed by atoms with Crippen molar-refractivity contribution < 1.29 is 0 Å². The van der Waals surface area contributed by atoms with E-state index in [1.54, 1.807) is 0 Å². The number of allylic oxidation sites excluding steroid dienone is 12. The lowest BCUT2D eigenvalue weighted by molar-refractivity contribution is 0.332. The topological polar surface area (TPSA) is 12.0 Å². The van der Waals surface area contributed by atoms with Gasteiger partial charge in [0, 0.05) is 22.9 Å². The molecule has 311 valence electrons. The summed E-state index contributed by atoms with van der Waals surface area (Å²) in [7, 11) is 2.57. The summed E-state index contributed by atoms with van der Waals surface area (Å²) in [6.07, 6.45) is 21.0. The van der Waals surface area contributed by atoms with Crippen molar-refractivity contribution in [2.24, 2.45) is 0 Å². The molecule has 0 saturated heterocycles. The molecule has 13 rings (SSSR count). The zero-order chi connectivity index (χ0) is 43.0. The van der Waals surface area contributed by atoms with E-state index in [2.05, 4.69) is 192 Å². The van der Waals surface area contributed by atoms with Crippen molar-refractivity contribution in [3.8, 4) is 0 Å². The summed E-state index contributed by atoms with van der Waals surface area (Å²) in [5.41, 5.74) is 27.2. The van der Waals surface area contributed by atoms with Crippen molar-refractivity contribution >= 4 is 51.4 Å². The third-order valence-corrected chi connectivity index (χ3v) is 16.6. The molecular formula is C62H55BN. The van der Waals surface area contributed by atoms with E-state index in [0.29, 0.717) is 5.92 Å². The van der Waals surface area contributed by atoms with Crippen LogP contribution in [0.3, 0.4) is 0 Å². The lowest BCUT2D eigenvalue weighted by Crippen LogP contribution is -2.42. The van der Waals surface area contributed by atoms with E-state index in [9.17, 15) is 0 Å². The van der Waals surface area contributed by atoms with Gasteiger partial charge in [-0.05, 0) is 169 Å². The maximum Gasteiger partial charge on any atom is 0.192 e. The number of nitrogens with one attached hydrogen (secondary N) is 1. The standard InChI is InChI=1S/C62H55BN/c1-60(2)31-32-61(3,4)54-37-43(27-29-52(54)60)64-57-30-28-45-44-20-8-7-17-40(44)35-48(45)59(57)49-34-38-15-5-6-16-39(38)36-56(49)63-55-26-14-25-53-58(55)41-18-13-19-42(33-41)62(53)50-23-11-9-21-46(50)47-22-10-12-24-51(47)62/h5-9,11,13-27,29,34,36-37,41,64H,10,12,28,30-33,35H2,1-4H3. The van der Waals surface area contributed by atoms with E-state index >= 15 is 0 Å². The summed E-state index contributed by atoms with van der Waals surface area (Å²) >= 11 is 0. The van der Waals surface area contributed by atoms with Gasteiger partial charge in [0.2, 0.25) is 0 Å². The van der Waals surface area contributed by atoms with Crippen molar-refractivity contribution in [3.63, 3.8) is 0 Å². The van der Waals surface area contributed by atoms with Gasteiger partial charge in [-0.1, -0.05) is 172 Å². The van der Waals surface area contributed by atoms with Crippen molar-refractivity contribution in [2.45, 2.75) is 101 Å². The fraction of sp³-hybridized carbons (Fsp3) is 0.258. The molecule has 0 aromatic heterocycles. The first-order chi connectivity index (χ1) is 31.2. The normalized spacial score (nSPS) is 22.8. The lowest BCUT2D eigenvalue weighted by Gasteiger charge is -2.45. The SMILES string of the molecule is CC1(C)CCC(C)(C)c2cc(NC3=C(c4cc5ccccc5cc4[B]c4cccc5c4C4C=CC=C(C4)C54C5=CCCC=C5c5ccccc54)C4=C(CC3)c3ccccc3C4)ccc21. The molecule has 1 spiro atoms. The van der Waals surface area contributed by atoms with Gasteiger partial charge < -0.3 is 5.32 Å². The molecule has 7 aliphatic rings. The minimum Gasteiger partial charge on any atom is -0.358 e. The first-order valence-electron chi connectivity index (χ1n) is 24.1. The molecule has 0 fully saturated rings. The highest BCUT2D eigenvalue weighted by Crippen LogP contribution is 2.63. The second-order valence-corrected chi connectivity index (χ2v) is 21.0. The Balaban J connectivity index is 1.01. The maximum absolute atomic E-state index is 4.18. The molecule has 7 aliphatic carbocycles. The number of rotatable bonds is 5. The second-order valence-electron chi connectivity index (χ2n) is 21.0. The van der Waals surface area contributed by atoms with Crippen LogP contribution in [0.25, 0.3) is 27.5 Å². The van der Waals surface area contributed by atoms with Crippen LogP contribution in [0.5, 0.6) is 0 Å². The first-order valence-corrected chi connectivity index (χ1v) is 24.1. The van der Waals surface area contributed by atoms with Crippen LogP contribution >= 0.6 is 0 Å². The molecule has 0 amide bonds. The van der Waals surface area contributed by atoms with Gasteiger partial charge in [-0.15, -0.1) is 0 Å². The number of anilines is 1. The molecule has 64 heavy (non-hydrogen) atoms. The zero-order valence-electron chi connectivity index (χ0n) is 37.7. The van der Waals surface area contributed by atoms with E-state index in [1.807, 2.05) is 0 Å². The minimum absolute atomic E-state index is 0.138. The first kappa shape index (κ1) is 38.4. The van der Waals surface area contributed by atoms with E-state index in [-0.39, 0.29) is 16.2 Å².